The summed E-state index contributed by atoms with van der Waals surface area (Å²) in [6.07, 6.45) is 0.642. The number of rotatable bonds is 7. The summed E-state index contributed by atoms with van der Waals surface area (Å²) in [5.41, 5.74) is 5.85. The van der Waals surface area contributed by atoms with Crippen molar-refractivity contribution >= 4 is 23.3 Å². The predicted molar refractivity (Wildman–Crippen MR) is 93.5 cm³/mol. The highest BCUT2D eigenvalue weighted by Crippen LogP contribution is 2.32. The Balaban J connectivity index is 1.83. The number of amides is 1. The molecule has 134 valence electrons. The molecule has 1 aliphatic rings. The number of hydrogen-bond donors (Lipinski definition) is 2. The molecule has 0 aliphatic heterocycles. The molecule has 2 aromatic carbocycles. The van der Waals surface area contributed by atoms with Crippen molar-refractivity contribution in [1.29, 1.82) is 0 Å². The van der Waals surface area contributed by atoms with Crippen LogP contribution in [0.3, 0.4) is 0 Å². The van der Waals surface area contributed by atoms with Gasteiger partial charge in [-0.3, -0.25) is 14.9 Å². The summed E-state index contributed by atoms with van der Waals surface area (Å²) in [4.78, 5) is 34.8. The Morgan fingerprint density at radius 2 is 1.88 bits per heavy atom. The van der Waals surface area contributed by atoms with Crippen LogP contribution in [0.2, 0.25) is 0 Å². The van der Waals surface area contributed by atoms with Crippen molar-refractivity contribution in [3.05, 3.63) is 69.8 Å². The summed E-state index contributed by atoms with van der Waals surface area (Å²) in [6, 6.07) is 12.6. The van der Waals surface area contributed by atoms with Crippen molar-refractivity contribution in [2.45, 2.75) is 25.0 Å². The van der Waals surface area contributed by atoms with Crippen LogP contribution >= 0.6 is 0 Å². The first kappa shape index (κ1) is 17.4. The first-order valence-corrected chi connectivity index (χ1v) is 8.06. The number of primary amides is 1. The van der Waals surface area contributed by atoms with E-state index < -0.39 is 22.9 Å². The molecule has 8 nitrogen and oxygen atoms in total. The maximum absolute atomic E-state index is 12.4. The van der Waals surface area contributed by atoms with Crippen LogP contribution in [0.25, 0.3) is 0 Å². The predicted octanol–water partition coefficient (Wildman–Crippen LogP) is 2.55. The van der Waals surface area contributed by atoms with Gasteiger partial charge in [0.1, 0.15) is 5.69 Å². The molecule has 1 atom stereocenters. The Morgan fingerprint density at radius 1 is 1.19 bits per heavy atom. The highest BCUT2D eigenvalue weighted by atomic mass is 16.6. The zero-order valence-electron chi connectivity index (χ0n) is 13.8. The number of nitrogens with zero attached hydrogens (tertiary/aromatic N) is 1. The summed E-state index contributed by atoms with van der Waals surface area (Å²) < 4.78 is 5.20. The minimum atomic E-state index is -1.27. The second-order valence-corrected chi connectivity index (χ2v) is 6.01. The van der Waals surface area contributed by atoms with Gasteiger partial charge < -0.3 is 15.8 Å². The second-order valence-electron chi connectivity index (χ2n) is 6.01. The maximum atomic E-state index is 12.4. The molecule has 8 heteroatoms. The molecule has 0 heterocycles. The van der Waals surface area contributed by atoms with E-state index in [-0.39, 0.29) is 17.3 Å². The third-order valence-electron chi connectivity index (χ3n) is 3.95. The highest BCUT2D eigenvalue weighted by Gasteiger charge is 2.27. The van der Waals surface area contributed by atoms with Crippen LogP contribution in [0.15, 0.2) is 48.5 Å². The van der Waals surface area contributed by atoms with Crippen molar-refractivity contribution in [2.24, 2.45) is 5.73 Å². The maximum Gasteiger partial charge on any atom is 0.339 e. The van der Waals surface area contributed by atoms with Crippen molar-refractivity contribution < 1.29 is 19.2 Å². The van der Waals surface area contributed by atoms with Gasteiger partial charge in [-0.25, -0.2) is 4.79 Å². The summed E-state index contributed by atoms with van der Waals surface area (Å²) in [7, 11) is 0. The quantitative estimate of drug-likeness (QED) is 0.447. The standard InChI is InChI=1S/C18H17N3O5/c19-17(22)16(11-4-2-1-3-5-11)26-18(23)12-6-9-14(20-13-7-8-13)15(10-12)21(24)25/h1-6,9-10,13,16,20H,7-8H2,(H2,19,22). The van der Waals surface area contributed by atoms with Crippen molar-refractivity contribution in [3.8, 4) is 0 Å². The number of nitrogens with two attached hydrogens (primary N) is 1. The highest BCUT2D eigenvalue weighted by molar-refractivity contribution is 5.93. The molecule has 2 aromatic rings. The van der Waals surface area contributed by atoms with Gasteiger partial charge >= 0.3 is 5.97 Å². The molecule has 0 radical (unpaired) electrons. The summed E-state index contributed by atoms with van der Waals surface area (Å²) in [5, 5.41) is 14.3. The largest absolute Gasteiger partial charge is 0.444 e. The summed E-state index contributed by atoms with van der Waals surface area (Å²) >= 11 is 0. The molecule has 3 N–H and O–H groups in total. The van der Waals surface area contributed by atoms with E-state index in [1.807, 2.05) is 0 Å². The van der Waals surface area contributed by atoms with Crippen molar-refractivity contribution in [3.63, 3.8) is 0 Å². The molecule has 1 saturated carbocycles. The van der Waals surface area contributed by atoms with Gasteiger partial charge in [0.2, 0.25) is 6.10 Å². The van der Waals surface area contributed by atoms with E-state index in [4.69, 9.17) is 10.5 Å². The Hall–Kier alpha value is -3.42. The van der Waals surface area contributed by atoms with Gasteiger partial charge in [-0.15, -0.1) is 0 Å². The first-order valence-electron chi connectivity index (χ1n) is 8.06. The van der Waals surface area contributed by atoms with Crippen LogP contribution < -0.4 is 11.1 Å². The van der Waals surface area contributed by atoms with E-state index >= 15 is 0 Å². The summed E-state index contributed by atoms with van der Waals surface area (Å²) in [5.74, 6) is -1.69. The molecular formula is C18H17N3O5. The lowest BCUT2D eigenvalue weighted by atomic mass is 10.1. The average molecular weight is 355 g/mol. The van der Waals surface area contributed by atoms with Crippen molar-refractivity contribution in [1.82, 2.24) is 0 Å². The fourth-order valence-electron chi connectivity index (χ4n) is 2.47. The SMILES string of the molecule is NC(=O)C(OC(=O)c1ccc(NC2CC2)c([N+](=O)[O-])c1)c1ccccc1. The number of ether oxygens (including phenoxy) is 1. The van der Waals surface area contributed by atoms with E-state index in [0.29, 0.717) is 11.3 Å². The van der Waals surface area contributed by atoms with Gasteiger partial charge in [0.05, 0.1) is 10.5 Å². The van der Waals surface area contributed by atoms with E-state index in [1.54, 1.807) is 30.3 Å². The molecule has 1 aliphatic carbocycles. The summed E-state index contributed by atoms with van der Waals surface area (Å²) in [6.45, 7) is 0. The number of nitro groups is 1. The minimum Gasteiger partial charge on any atom is -0.444 e. The molecule has 1 unspecified atom stereocenters. The number of hydrogen-bond acceptors (Lipinski definition) is 6. The molecule has 1 amide bonds. The van der Waals surface area contributed by atoms with Crippen molar-refractivity contribution in [2.75, 3.05) is 5.32 Å². The lowest BCUT2D eigenvalue weighted by Gasteiger charge is -2.15. The number of esters is 1. The fourth-order valence-corrected chi connectivity index (χ4v) is 2.47. The Kier molecular flexibility index (Phi) is 4.83. The molecule has 3 rings (SSSR count). The molecule has 26 heavy (non-hydrogen) atoms. The molecule has 0 aromatic heterocycles. The van der Waals surface area contributed by atoms with Crippen LogP contribution in [0, 0.1) is 10.1 Å². The van der Waals surface area contributed by atoms with Crippen LogP contribution in [-0.2, 0) is 9.53 Å². The van der Waals surface area contributed by atoms with Gasteiger partial charge in [0.25, 0.3) is 11.6 Å². The zero-order chi connectivity index (χ0) is 18.7. The number of anilines is 1. The number of nitrogens with one attached hydrogen (secondary N) is 1. The average Bonchev–Trinajstić information content (AvgIpc) is 3.44. The van der Waals surface area contributed by atoms with E-state index in [2.05, 4.69) is 5.32 Å². The monoisotopic (exact) mass is 355 g/mol. The van der Waals surface area contributed by atoms with E-state index in [0.717, 1.165) is 18.9 Å². The van der Waals surface area contributed by atoms with Gasteiger partial charge in [0, 0.05) is 17.7 Å². The van der Waals surface area contributed by atoms with Gasteiger partial charge in [0.15, 0.2) is 0 Å². The van der Waals surface area contributed by atoms with E-state index in [9.17, 15) is 19.7 Å². The molecular weight excluding hydrogens is 338 g/mol. The lowest BCUT2D eigenvalue weighted by molar-refractivity contribution is -0.384. The molecule has 0 bridgehead atoms. The van der Waals surface area contributed by atoms with Crippen LogP contribution in [-0.4, -0.2) is 22.8 Å². The van der Waals surface area contributed by atoms with Crippen LogP contribution in [0.1, 0.15) is 34.9 Å². The van der Waals surface area contributed by atoms with E-state index in [1.165, 1.54) is 12.1 Å². The normalized spacial score (nSPS) is 14.3. The molecule has 0 spiro atoms. The lowest BCUT2D eigenvalue weighted by Crippen LogP contribution is -2.26. The Labute approximate surface area is 149 Å². The number of nitro benzene ring substituents is 1. The minimum absolute atomic E-state index is 0.0276. The van der Waals surface area contributed by atoms with Gasteiger partial charge in [-0.05, 0) is 25.0 Å². The number of benzene rings is 2. The Morgan fingerprint density at radius 3 is 2.46 bits per heavy atom. The fraction of sp³-hybridized carbons (Fsp3) is 0.222. The zero-order valence-corrected chi connectivity index (χ0v) is 13.8. The number of carbonyl (C=O) groups is 2. The first-order chi connectivity index (χ1) is 12.5. The topological polar surface area (TPSA) is 125 Å². The third kappa shape index (κ3) is 3.97. The molecule has 0 saturated heterocycles. The number of carbonyl (C=O) groups excluding carboxylic acids is 2. The Bertz CT molecular complexity index is 849. The second kappa shape index (κ2) is 7.22. The van der Waals surface area contributed by atoms with Crippen LogP contribution in [0.4, 0.5) is 11.4 Å². The molecule has 1 fully saturated rings. The smallest absolute Gasteiger partial charge is 0.339 e. The van der Waals surface area contributed by atoms with Crippen LogP contribution in [0.5, 0.6) is 0 Å². The van der Waals surface area contributed by atoms with Gasteiger partial charge in [-0.1, -0.05) is 30.3 Å². The third-order valence-corrected chi connectivity index (χ3v) is 3.95. The van der Waals surface area contributed by atoms with Gasteiger partial charge in [-0.2, -0.15) is 0 Å².